The van der Waals surface area contributed by atoms with Gasteiger partial charge in [-0.25, -0.2) is 4.79 Å². The summed E-state index contributed by atoms with van der Waals surface area (Å²) in [4.78, 5) is 24.4. The largest absolute Gasteiger partial charge is 0.365 e. The normalized spacial score (nSPS) is 11.2. The molecule has 0 bridgehead atoms. The molecule has 19 heavy (non-hydrogen) atoms. The zero-order chi connectivity index (χ0) is 13.7. The Labute approximate surface area is 114 Å². The van der Waals surface area contributed by atoms with Gasteiger partial charge in [0.2, 0.25) is 0 Å². The van der Waals surface area contributed by atoms with E-state index in [1.54, 1.807) is 37.4 Å². The molecule has 0 fully saturated rings. The molecule has 0 spiro atoms. The quantitative estimate of drug-likeness (QED) is 0.491. The Morgan fingerprint density at radius 2 is 2.00 bits per heavy atom. The summed E-state index contributed by atoms with van der Waals surface area (Å²) in [7, 11) is 0. The van der Waals surface area contributed by atoms with E-state index in [9.17, 15) is 4.79 Å². The highest BCUT2D eigenvalue weighted by Crippen LogP contribution is 2.10. The number of oxime groups is 1. The number of carbonyl (C=O) groups is 1. The molecule has 0 aliphatic carbocycles. The van der Waals surface area contributed by atoms with E-state index < -0.39 is 5.97 Å². The molecule has 1 aromatic heterocycles. The van der Waals surface area contributed by atoms with Crippen molar-refractivity contribution in [3.8, 4) is 0 Å². The molecule has 0 saturated carbocycles. The van der Waals surface area contributed by atoms with E-state index >= 15 is 0 Å². The Bertz CT molecular complexity index is 597. The molecule has 96 valence electrons. The van der Waals surface area contributed by atoms with Gasteiger partial charge in [0.25, 0.3) is 0 Å². The number of nitrogens with zero attached hydrogens (tertiary/aromatic N) is 3. The fraction of sp³-hybridized carbons (Fsp3) is 0.0769. The summed E-state index contributed by atoms with van der Waals surface area (Å²) in [6, 6.07) is 6.35. The third-order valence-corrected chi connectivity index (χ3v) is 2.53. The van der Waals surface area contributed by atoms with Crippen LogP contribution in [0.25, 0.3) is 0 Å². The van der Waals surface area contributed by atoms with E-state index in [1.165, 1.54) is 12.4 Å². The van der Waals surface area contributed by atoms with E-state index in [4.69, 9.17) is 16.4 Å². The second-order valence-electron chi connectivity index (χ2n) is 3.65. The fourth-order valence-electron chi connectivity index (χ4n) is 1.28. The highest BCUT2D eigenvalue weighted by atomic mass is 35.5. The fourth-order valence-corrected chi connectivity index (χ4v) is 1.41. The van der Waals surface area contributed by atoms with Gasteiger partial charge in [-0.1, -0.05) is 16.8 Å². The zero-order valence-electron chi connectivity index (χ0n) is 10.1. The molecule has 1 aromatic carbocycles. The maximum absolute atomic E-state index is 11.7. The molecule has 0 aliphatic rings. The Kier molecular flexibility index (Phi) is 4.20. The van der Waals surface area contributed by atoms with Crippen molar-refractivity contribution in [2.75, 3.05) is 0 Å². The predicted molar refractivity (Wildman–Crippen MR) is 71.1 cm³/mol. The molecule has 0 N–H and O–H groups in total. The molecule has 1 heterocycles. The van der Waals surface area contributed by atoms with Crippen molar-refractivity contribution in [3.63, 3.8) is 0 Å². The molecule has 0 unspecified atom stereocenters. The second kappa shape index (κ2) is 6.06. The highest BCUT2D eigenvalue weighted by molar-refractivity contribution is 6.30. The van der Waals surface area contributed by atoms with Crippen LogP contribution in [-0.4, -0.2) is 21.6 Å². The molecule has 0 amide bonds. The van der Waals surface area contributed by atoms with Crippen LogP contribution < -0.4 is 0 Å². The van der Waals surface area contributed by atoms with Crippen molar-refractivity contribution in [3.05, 3.63) is 59.1 Å². The molecule has 6 heteroatoms. The standard InChI is InChI=1S/C13H10ClN3O2/c1-9(12-8-15-6-7-16-12)17-19-13(18)10-2-4-11(14)5-3-10/h2-8H,1H3. The third-order valence-electron chi connectivity index (χ3n) is 2.28. The van der Waals surface area contributed by atoms with Crippen LogP contribution >= 0.6 is 11.6 Å². The van der Waals surface area contributed by atoms with Gasteiger partial charge in [-0.2, -0.15) is 0 Å². The van der Waals surface area contributed by atoms with Crippen molar-refractivity contribution in [2.45, 2.75) is 6.92 Å². The van der Waals surface area contributed by atoms with Gasteiger partial charge in [0, 0.05) is 17.4 Å². The summed E-state index contributed by atoms with van der Waals surface area (Å²) in [5, 5.41) is 4.28. The van der Waals surface area contributed by atoms with Crippen LogP contribution in [0.4, 0.5) is 0 Å². The van der Waals surface area contributed by atoms with Gasteiger partial charge in [-0.15, -0.1) is 0 Å². The number of hydrogen-bond donors (Lipinski definition) is 0. The number of benzene rings is 1. The number of aromatic nitrogens is 2. The van der Waals surface area contributed by atoms with Gasteiger partial charge < -0.3 is 4.84 Å². The van der Waals surface area contributed by atoms with E-state index in [2.05, 4.69) is 15.1 Å². The lowest BCUT2D eigenvalue weighted by Gasteiger charge is -2.00. The minimum Gasteiger partial charge on any atom is -0.312 e. The Morgan fingerprint density at radius 1 is 1.26 bits per heavy atom. The highest BCUT2D eigenvalue weighted by Gasteiger charge is 2.07. The molecule has 2 rings (SSSR count). The first-order valence-corrected chi connectivity index (χ1v) is 5.82. The summed E-state index contributed by atoms with van der Waals surface area (Å²) in [6.45, 7) is 1.68. The first kappa shape index (κ1) is 13.2. The smallest absolute Gasteiger partial charge is 0.312 e. The topological polar surface area (TPSA) is 64.4 Å². The summed E-state index contributed by atoms with van der Waals surface area (Å²) in [6.07, 6.45) is 4.63. The van der Waals surface area contributed by atoms with Crippen molar-refractivity contribution in [1.29, 1.82) is 0 Å². The third kappa shape index (κ3) is 3.59. The van der Waals surface area contributed by atoms with Gasteiger partial charge >= 0.3 is 5.97 Å². The zero-order valence-corrected chi connectivity index (χ0v) is 10.8. The van der Waals surface area contributed by atoms with Crippen LogP contribution in [0.1, 0.15) is 23.0 Å². The van der Waals surface area contributed by atoms with Crippen molar-refractivity contribution >= 4 is 23.3 Å². The van der Waals surface area contributed by atoms with E-state index in [0.717, 1.165) is 0 Å². The van der Waals surface area contributed by atoms with Gasteiger partial charge in [0.15, 0.2) is 0 Å². The maximum atomic E-state index is 11.7. The van der Waals surface area contributed by atoms with Crippen LogP contribution in [0.3, 0.4) is 0 Å². The first-order valence-electron chi connectivity index (χ1n) is 5.44. The lowest BCUT2D eigenvalue weighted by molar-refractivity contribution is 0.0516. The van der Waals surface area contributed by atoms with Crippen LogP contribution in [0.2, 0.25) is 5.02 Å². The maximum Gasteiger partial charge on any atom is 0.365 e. The lowest BCUT2D eigenvalue weighted by Crippen LogP contribution is -2.05. The predicted octanol–water partition coefficient (Wildman–Crippen LogP) is 2.71. The van der Waals surface area contributed by atoms with Gasteiger partial charge in [0.1, 0.15) is 11.4 Å². The van der Waals surface area contributed by atoms with Crippen molar-refractivity contribution < 1.29 is 9.63 Å². The van der Waals surface area contributed by atoms with Gasteiger partial charge in [-0.3, -0.25) is 9.97 Å². The van der Waals surface area contributed by atoms with Gasteiger partial charge in [0.05, 0.1) is 11.8 Å². The minimum atomic E-state index is -0.556. The lowest BCUT2D eigenvalue weighted by atomic mass is 10.2. The molecule has 5 nitrogen and oxygen atoms in total. The molecule has 0 saturated heterocycles. The van der Waals surface area contributed by atoms with Crippen molar-refractivity contribution in [1.82, 2.24) is 9.97 Å². The van der Waals surface area contributed by atoms with E-state index in [0.29, 0.717) is 22.0 Å². The van der Waals surface area contributed by atoms with Gasteiger partial charge in [-0.05, 0) is 31.2 Å². The molecular formula is C13H10ClN3O2. The summed E-state index contributed by atoms with van der Waals surface area (Å²) < 4.78 is 0. The van der Waals surface area contributed by atoms with Crippen LogP contribution in [0.5, 0.6) is 0 Å². The average Bonchev–Trinajstić information content (AvgIpc) is 2.46. The molecule has 2 aromatic rings. The summed E-state index contributed by atoms with van der Waals surface area (Å²) >= 11 is 5.73. The SMILES string of the molecule is CC(=NOC(=O)c1ccc(Cl)cc1)c1cnccn1. The van der Waals surface area contributed by atoms with Crippen LogP contribution in [-0.2, 0) is 4.84 Å². The first-order chi connectivity index (χ1) is 9.16. The molecule has 0 radical (unpaired) electrons. The summed E-state index contributed by atoms with van der Waals surface area (Å²) in [5.41, 5.74) is 1.39. The number of rotatable bonds is 3. The molecule has 0 aliphatic heterocycles. The Balaban J connectivity index is 2.06. The Morgan fingerprint density at radius 3 is 2.63 bits per heavy atom. The number of halogens is 1. The number of hydrogen-bond acceptors (Lipinski definition) is 5. The molecule has 0 atom stereocenters. The summed E-state index contributed by atoms with van der Waals surface area (Å²) in [5.74, 6) is -0.556. The van der Waals surface area contributed by atoms with E-state index in [-0.39, 0.29) is 0 Å². The average molecular weight is 276 g/mol. The Hall–Kier alpha value is -2.27. The number of carbonyl (C=O) groups excluding carboxylic acids is 1. The van der Waals surface area contributed by atoms with E-state index in [1.807, 2.05) is 0 Å². The van der Waals surface area contributed by atoms with Crippen LogP contribution in [0.15, 0.2) is 48.0 Å². The van der Waals surface area contributed by atoms with Crippen LogP contribution in [0, 0.1) is 0 Å². The minimum absolute atomic E-state index is 0.375. The monoisotopic (exact) mass is 275 g/mol. The molecular weight excluding hydrogens is 266 g/mol. The second-order valence-corrected chi connectivity index (χ2v) is 4.09. The van der Waals surface area contributed by atoms with Crippen molar-refractivity contribution in [2.24, 2.45) is 5.16 Å².